The molecule has 0 atom stereocenters. The molecule has 0 aliphatic rings. The first-order valence-corrected chi connectivity index (χ1v) is 8.57. The summed E-state index contributed by atoms with van der Waals surface area (Å²) < 4.78 is 6.01. The highest BCUT2D eigenvalue weighted by Crippen LogP contribution is 2.28. The number of nitrogens with one attached hydrogen (secondary N) is 1. The summed E-state index contributed by atoms with van der Waals surface area (Å²) in [5, 5.41) is 2.38. The maximum absolute atomic E-state index is 6.01. The monoisotopic (exact) mass is 336 g/mol. The number of benzene rings is 4. The van der Waals surface area contributed by atoms with Crippen LogP contribution in [0.1, 0.15) is 0 Å². The maximum Gasteiger partial charge on any atom is 0.138 e. The van der Waals surface area contributed by atoms with Crippen LogP contribution in [-0.4, -0.2) is 9.97 Å². The van der Waals surface area contributed by atoms with Crippen LogP contribution in [0.2, 0.25) is 0 Å². The van der Waals surface area contributed by atoms with Crippen LogP contribution >= 0.6 is 0 Å². The van der Waals surface area contributed by atoms with Crippen molar-refractivity contribution < 1.29 is 4.74 Å². The number of ether oxygens (including phenoxy) is 1. The lowest BCUT2D eigenvalue weighted by atomic mass is 10.1. The summed E-state index contributed by atoms with van der Waals surface area (Å²) in [4.78, 5) is 7.98. The number of imidazole rings is 1. The van der Waals surface area contributed by atoms with E-state index < -0.39 is 0 Å². The molecule has 0 saturated carbocycles. The Hall–Kier alpha value is -3.59. The molecule has 124 valence electrons. The Morgan fingerprint density at radius 2 is 1.38 bits per heavy atom. The van der Waals surface area contributed by atoms with Crippen molar-refractivity contribution in [3.8, 4) is 22.9 Å². The molecular formula is C23H16N2O. The largest absolute Gasteiger partial charge is 0.457 e. The van der Waals surface area contributed by atoms with Crippen molar-refractivity contribution in [2.75, 3.05) is 0 Å². The summed E-state index contributed by atoms with van der Waals surface area (Å²) in [7, 11) is 0. The predicted octanol–water partition coefficient (Wildman–Crippen LogP) is 6.18. The number of hydrogen-bond donors (Lipinski definition) is 1. The van der Waals surface area contributed by atoms with Gasteiger partial charge in [-0.15, -0.1) is 0 Å². The van der Waals surface area contributed by atoms with E-state index in [9.17, 15) is 0 Å². The third-order valence-corrected chi connectivity index (χ3v) is 4.47. The van der Waals surface area contributed by atoms with Gasteiger partial charge in [0.1, 0.15) is 17.3 Å². The number of fused-ring (bicyclic) bond motifs is 2. The average Bonchev–Trinajstić information content (AvgIpc) is 3.13. The van der Waals surface area contributed by atoms with E-state index in [2.05, 4.69) is 34.2 Å². The molecule has 4 aromatic carbocycles. The van der Waals surface area contributed by atoms with E-state index in [1.807, 2.05) is 66.7 Å². The minimum absolute atomic E-state index is 0.806. The van der Waals surface area contributed by atoms with E-state index in [0.717, 1.165) is 33.9 Å². The molecule has 0 spiro atoms. The lowest BCUT2D eigenvalue weighted by Gasteiger charge is -2.07. The molecule has 1 aromatic heterocycles. The Bertz CT molecular complexity index is 1170. The Labute approximate surface area is 150 Å². The van der Waals surface area contributed by atoms with Gasteiger partial charge in [0.25, 0.3) is 0 Å². The van der Waals surface area contributed by atoms with Crippen LogP contribution < -0.4 is 4.74 Å². The summed E-state index contributed by atoms with van der Waals surface area (Å²) in [6.45, 7) is 0. The Kier molecular flexibility index (Phi) is 3.42. The molecule has 0 radical (unpaired) electrons. The molecule has 0 fully saturated rings. The second-order valence-corrected chi connectivity index (χ2v) is 6.24. The SMILES string of the molecule is c1ccc2cc(Oc3ccc(-c4nc5ccccc5[nH]4)cc3)ccc2c1. The second kappa shape index (κ2) is 6.05. The minimum atomic E-state index is 0.806. The molecule has 0 saturated heterocycles. The molecule has 3 heteroatoms. The first kappa shape index (κ1) is 14.7. The second-order valence-electron chi connectivity index (χ2n) is 6.24. The molecule has 3 nitrogen and oxygen atoms in total. The molecule has 0 aliphatic heterocycles. The topological polar surface area (TPSA) is 37.9 Å². The summed E-state index contributed by atoms with van der Waals surface area (Å²) in [6, 6.07) is 30.4. The maximum atomic E-state index is 6.01. The van der Waals surface area contributed by atoms with Crippen molar-refractivity contribution in [3.63, 3.8) is 0 Å². The van der Waals surface area contributed by atoms with Gasteiger partial charge in [0, 0.05) is 5.56 Å². The number of hydrogen-bond acceptors (Lipinski definition) is 2. The van der Waals surface area contributed by atoms with Gasteiger partial charge >= 0.3 is 0 Å². The van der Waals surface area contributed by atoms with Crippen LogP contribution in [0.5, 0.6) is 11.5 Å². The fourth-order valence-corrected chi connectivity index (χ4v) is 3.14. The van der Waals surface area contributed by atoms with E-state index in [1.54, 1.807) is 0 Å². The van der Waals surface area contributed by atoms with Crippen LogP contribution in [-0.2, 0) is 0 Å². The smallest absolute Gasteiger partial charge is 0.138 e. The van der Waals surface area contributed by atoms with E-state index in [-0.39, 0.29) is 0 Å². The van der Waals surface area contributed by atoms with Crippen molar-refractivity contribution in [3.05, 3.63) is 91.0 Å². The number of H-pyrrole nitrogens is 1. The van der Waals surface area contributed by atoms with Crippen molar-refractivity contribution in [2.45, 2.75) is 0 Å². The number of aromatic nitrogens is 2. The molecule has 0 bridgehead atoms. The van der Waals surface area contributed by atoms with E-state index in [0.29, 0.717) is 0 Å². The van der Waals surface area contributed by atoms with Gasteiger partial charge in [0.05, 0.1) is 11.0 Å². The number of para-hydroxylation sites is 2. The van der Waals surface area contributed by atoms with Gasteiger partial charge in [-0.2, -0.15) is 0 Å². The van der Waals surface area contributed by atoms with Crippen molar-refractivity contribution in [1.29, 1.82) is 0 Å². The number of rotatable bonds is 3. The van der Waals surface area contributed by atoms with Gasteiger partial charge in [-0.05, 0) is 59.3 Å². The fraction of sp³-hybridized carbons (Fsp3) is 0. The van der Waals surface area contributed by atoms with E-state index in [4.69, 9.17) is 4.74 Å². The highest BCUT2D eigenvalue weighted by Gasteiger charge is 2.05. The summed E-state index contributed by atoms with van der Waals surface area (Å²) in [5.41, 5.74) is 3.05. The highest BCUT2D eigenvalue weighted by molar-refractivity contribution is 5.84. The third-order valence-electron chi connectivity index (χ3n) is 4.47. The average molecular weight is 336 g/mol. The number of aromatic amines is 1. The quantitative estimate of drug-likeness (QED) is 0.427. The molecule has 26 heavy (non-hydrogen) atoms. The van der Waals surface area contributed by atoms with Crippen LogP contribution in [0.15, 0.2) is 91.0 Å². The summed E-state index contributed by atoms with van der Waals surface area (Å²) >= 11 is 0. The molecule has 1 heterocycles. The van der Waals surface area contributed by atoms with Crippen molar-refractivity contribution >= 4 is 21.8 Å². The van der Waals surface area contributed by atoms with E-state index >= 15 is 0 Å². The Balaban J connectivity index is 1.41. The minimum Gasteiger partial charge on any atom is -0.457 e. The zero-order valence-corrected chi connectivity index (χ0v) is 14.0. The Morgan fingerprint density at radius 3 is 2.23 bits per heavy atom. The first-order chi connectivity index (χ1) is 12.8. The summed E-state index contributed by atoms with van der Waals surface area (Å²) in [5.74, 6) is 2.50. The third kappa shape index (κ3) is 2.70. The van der Waals surface area contributed by atoms with Crippen LogP contribution in [0, 0.1) is 0 Å². The Morgan fingerprint density at radius 1 is 0.654 bits per heavy atom. The van der Waals surface area contributed by atoms with Gasteiger partial charge in [-0.3, -0.25) is 0 Å². The van der Waals surface area contributed by atoms with Crippen molar-refractivity contribution in [1.82, 2.24) is 9.97 Å². The molecule has 0 aliphatic carbocycles. The van der Waals surface area contributed by atoms with Crippen molar-refractivity contribution in [2.24, 2.45) is 0 Å². The van der Waals surface area contributed by atoms with Gasteiger partial charge in [-0.1, -0.05) is 42.5 Å². The zero-order valence-electron chi connectivity index (χ0n) is 14.0. The van der Waals surface area contributed by atoms with Gasteiger partial charge in [-0.25, -0.2) is 4.98 Å². The van der Waals surface area contributed by atoms with Gasteiger partial charge < -0.3 is 9.72 Å². The van der Waals surface area contributed by atoms with Crippen LogP contribution in [0.4, 0.5) is 0 Å². The molecular weight excluding hydrogens is 320 g/mol. The van der Waals surface area contributed by atoms with Gasteiger partial charge in [0.15, 0.2) is 0 Å². The number of nitrogens with zero attached hydrogens (tertiary/aromatic N) is 1. The fourth-order valence-electron chi connectivity index (χ4n) is 3.14. The molecule has 0 amide bonds. The molecule has 5 rings (SSSR count). The molecule has 1 N–H and O–H groups in total. The normalized spacial score (nSPS) is 11.1. The summed E-state index contributed by atoms with van der Waals surface area (Å²) in [6.07, 6.45) is 0. The van der Waals surface area contributed by atoms with Gasteiger partial charge in [0.2, 0.25) is 0 Å². The molecule has 0 unspecified atom stereocenters. The standard InChI is InChI=1S/C23H16N2O/c1-2-6-18-15-20(14-9-16(18)5-1)26-19-12-10-17(11-13-19)23-24-21-7-3-4-8-22(21)25-23/h1-15H,(H,24,25). The van der Waals surface area contributed by atoms with Crippen LogP contribution in [0.25, 0.3) is 33.2 Å². The lowest BCUT2D eigenvalue weighted by molar-refractivity contribution is 0.483. The lowest BCUT2D eigenvalue weighted by Crippen LogP contribution is -1.85. The highest BCUT2D eigenvalue weighted by atomic mass is 16.5. The van der Waals surface area contributed by atoms with E-state index in [1.165, 1.54) is 10.8 Å². The van der Waals surface area contributed by atoms with Crippen LogP contribution in [0.3, 0.4) is 0 Å². The molecule has 5 aromatic rings. The predicted molar refractivity (Wildman–Crippen MR) is 106 cm³/mol. The zero-order chi connectivity index (χ0) is 17.3. The first-order valence-electron chi connectivity index (χ1n) is 8.57.